The quantitative estimate of drug-likeness (QED) is 0.785. The number of fused-ring (bicyclic) bond motifs is 1. The zero-order valence-corrected chi connectivity index (χ0v) is 8.82. The maximum atomic E-state index is 11.9. The fraction of sp³-hybridized carbons (Fsp3) is 0.364. The molecule has 4 heteroatoms. The van der Waals surface area contributed by atoms with Crippen LogP contribution in [-0.4, -0.2) is 14.9 Å². The van der Waals surface area contributed by atoms with Gasteiger partial charge in [0, 0.05) is 6.54 Å². The first kappa shape index (κ1) is 9.83. The summed E-state index contributed by atoms with van der Waals surface area (Å²) in [6, 6.07) is 5.03. The molecule has 0 unspecified atom stereocenters. The Morgan fingerprint density at radius 2 is 2.20 bits per heavy atom. The molecular formula is C11H14N2O2. The van der Waals surface area contributed by atoms with Gasteiger partial charge in [0.2, 0.25) is 0 Å². The average Bonchev–Trinajstić information content (AvgIpc) is 2.44. The van der Waals surface area contributed by atoms with Gasteiger partial charge in [-0.25, -0.2) is 0 Å². The van der Waals surface area contributed by atoms with E-state index in [0.717, 1.165) is 0 Å². The summed E-state index contributed by atoms with van der Waals surface area (Å²) in [7, 11) is 0. The number of phenols is 1. The Kier molecular flexibility index (Phi) is 2.26. The number of aromatic amines is 1. The molecule has 0 amide bonds. The number of H-pyrrole nitrogens is 1. The molecule has 15 heavy (non-hydrogen) atoms. The number of nitrogens with zero attached hydrogens (tertiary/aromatic N) is 1. The van der Waals surface area contributed by atoms with E-state index in [1.165, 1.54) is 10.7 Å². The van der Waals surface area contributed by atoms with Crippen molar-refractivity contribution < 1.29 is 5.11 Å². The molecule has 4 nitrogen and oxygen atoms in total. The molecule has 80 valence electrons. The molecule has 0 bridgehead atoms. The fourth-order valence-electron chi connectivity index (χ4n) is 1.68. The van der Waals surface area contributed by atoms with E-state index in [1.807, 2.05) is 13.8 Å². The SMILES string of the molecule is CC(C)Cn1[nH]c2cccc(O)c2c1=O. The average molecular weight is 206 g/mol. The summed E-state index contributed by atoms with van der Waals surface area (Å²) >= 11 is 0. The number of phenolic OH excluding ortho intramolecular Hbond substituents is 1. The van der Waals surface area contributed by atoms with Crippen molar-refractivity contribution >= 4 is 10.9 Å². The van der Waals surface area contributed by atoms with E-state index in [1.54, 1.807) is 12.1 Å². The minimum Gasteiger partial charge on any atom is -0.507 e. The second kappa shape index (κ2) is 3.46. The molecule has 0 spiro atoms. The van der Waals surface area contributed by atoms with Crippen LogP contribution >= 0.6 is 0 Å². The lowest BCUT2D eigenvalue weighted by molar-refractivity contribution is 0.472. The molecule has 0 atom stereocenters. The summed E-state index contributed by atoms with van der Waals surface area (Å²) in [5.41, 5.74) is 0.525. The topological polar surface area (TPSA) is 58.0 Å². The first-order valence-electron chi connectivity index (χ1n) is 5.00. The third-order valence-corrected chi connectivity index (χ3v) is 2.30. The van der Waals surface area contributed by atoms with Crippen LogP contribution in [0.3, 0.4) is 0 Å². The highest BCUT2D eigenvalue weighted by atomic mass is 16.3. The van der Waals surface area contributed by atoms with Crippen molar-refractivity contribution in [1.82, 2.24) is 9.78 Å². The van der Waals surface area contributed by atoms with Crippen LogP contribution < -0.4 is 5.56 Å². The monoisotopic (exact) mass is 206 g/mol. The summed E-state index contributed by atoms with van der Waals surface area (Å²) in [6.45, 7) is 4.71. The molecule has 1 heterocycles. The van der Waals surface area contributed by atoms with Gasteiger partial charge in [0.15, 0.2) is 0 Å². The first-order chi connectivity index (χ1) is 7.09. The van der Waals surface area contributed by atoms with Crippen molar-refractivity contribution in [3.05, 3.63) is 28.6 Å². The van der Waals surface area contributed by atoms with E-state index in [2.05, 4.69) is 5.10 Å². The molecule has 0 aliphatic carbocycles. The summed E-state index contributed by atoms with van der Waals surface area (Å²) in [6.07, 6.45) is 0. The van der Waals surface area contributed by atoms with E-state index in [4.69, 9.17) is 0 Å². The van der Waals surface area contributed by atoms with Gasteiger partial charge in [-0.1, -0.05) is 19.9 Å². The lowest BCUT2D eigenvalue weighted by atomic mass is 10.2. The van der Waals surface area contributed by atoms with Crippen LogP contribution in [0.5, 0.6) is 5.75 Å². The highest BCUT2D eigenvalue weighted by molar-refractivity contribution is 5.84. The molecule has 2 rings (SSSR count). The molecule has 0 aliphatic heterocycles. The molecule has 0 fully saturated rings. The first-order valence-corrected chi connectivity index (χ1v) is 5.00. The van der Waals surface area contributed by atoms with Crippen molar-refractivity contribution in [2.24, 2.45) is 5.92 Å². The standard InChI is InChI=1S/C11H14N2O2/c1-7(2)6-13-11(15)10-8(12-13)4-3-5-9(10)14/h3-5,7,12,14H,6H2,1-2H3. The molecule has 0 aliphatic rings. The Morgan fingerprint density at radius 3 is 2.80 bits per heavy atom. The van der Waals surface area contributed by atoms with Gasteiger partial charge in [-0.3, -0.25) is 14.6 Å². The van der Waals surface area contributed by atoms with E-state index >= 15 is 0 Å². The van der Waals surface area contributed by atoms with E-state index < -0.39 is 0 Å². The van der Waals surface area contributed by atoms with Gasteiger partial charge >= 0.3 is 0 Å². The number of benzene rings is 1. The summed E-state index contributed by atoms with van der Waals surface area (Å²) in [4.78, 5) is 11.9. The predicted octanol–water partition coefficient (Wildman–Crippen LogP) is 1.69. The van der Waals surface area contributed by atoms with Crippen molar-refractivity contribution in [3.8, 4) is 5.75 Å². The number of rotatable bonds is 2. The highest BCUT2D eigenvalue weighted by Crippen LogP contribution is 2.19. The minimum atomic E-state index is -0.156. The zero-order chi connectivity index (χ0) is 11.0. The lowest BCUT2D eigenvalue weighted by Gasteiger charge is -2.03. The van der Waals surface area contributed by atoms with Gasteiger partial charge in [0.1, 0.15) is 11.1 Å². The third-order valence-electron chi connectivity index (χ3n) is 2.30. The molecule has 0 saturated carbocycles. The van der Waals surface area contributed by atoms with Crippen molar-refractivity contribution in [2.45, 2.75) is 20.4 Å². The summed E-state index contributed by atoms with van der Waals surface area (Å²) < 4.78 is 1.54. The second-order valence-electron chi connectivity index (χ2n) is 4.12. The molecule has 1 aromatic carbocycles. The van der Waals surface area contributed by atoms with Crippen LogP contribution in [0.2, 0.25) is 0 Å². The largest absolute Gasteiger partial charge is 0.507 e. The van der Waals surface area contributed by atoms with E-state index in [0.29, 0.717) is 23.4 Å². The van der Waals surface area contributed by atoms with Gasteiger partial charge in [0.05, 0.1) is 5.52 Å². The maximum Gasteiger partial charge on any atom is 0.278 e. The number of aromatic nitrogens is 2. The number of hydrogen-bond donors (Lipinski definition) is 2. The van der Waals surface area contributed by atoms with Crippen molar-refractivity contribution in [3.63, 3.8) is 0 Å². The lowest BCUT2D eigenvalue weighted by Crippen LogP contribution is -2.19. The normalized spacial score (nSPS) is 11.4. The van der Waals surface area contributed by atoms with E-state index in [-0.39, 0.29) is 11.3 Å². The fourth-order valence-corrected chi connectivity index (χ4v) is 1.68. The molecule has 2 aromatic rings. The third kappa shape index (κ3) is 1.63. The molecule has 1 aromatic heterocycles. The van der Waals surface area contributed by atoms with Crippen molar-refractivity contribution in [1.29, 1.82) is 0 Å². The summed E-state index contributed by atoms with van der Waals surface area (Å²) in [5, 5.41) is 12.9. The molecular weight excluding hydrogens is 192 g/mol. The van der Waals surface area contributed by atoms with Crippen molar-refractivity contribution in [2.75, 3.05) is 0 Å². The van der Waals surface area contributed by atoms with E-state index in [9.17, 15) is 9.90 Å². The predicted molar refractivity (Wildman–Crippen MR) is 59.1 cm³/mol. The maximum absolute atomic E-state index is 11.9. The van der Waals surface area contributed by atoms with Crippen LogP contribution in [0.4, 0.5) is 0 Å². The van der Waals surface area contributed by atoms with Gasteiger partial charge in [-0.05, 0) is 18.1 Å². The number of nitrogens with one attached hydrogen (secondary N) is 1. The Morgan fingerprint density at radius 1 is 1.47 bits per heavy atom. The van der Waals surface area contributed by atoms with Gasteiger partial charge in [0.25, 0.3) is 5.56 Å². The molecule has 2 N–H and O–H groups in total. The summed E-state index contributed by atoms with van der Waals surface area (Å²) in [5.74, 6) is 0.425. The van der Waals surface area contributed by atoms with Crippen LogP contribution in [-0.2, 0) is 6.54 Å². The molecule has 0 radical (unpaired) electrons. The van der Waals surface area contributed by atoms with Crippen LogP contribution in [0, 0.1) is 5.92 Å². The Labute approximate surface area is 87.1 Å². The second-order valence-corrected chi connectivity index (χ2v) is 4.12. The minimum absolute atomic E-state index is 0.0382. The molecule has 0 saturated heterocycles. The van der Waals surface area contributed by atoms with Gasteiger partial charge < -0.3 is 5.11 Å². The number of hydrogen-bond acceptors (Lipinski definition) is 2. The Bertz CT molecular complexity index is 537. The Hall–Kier alpha value is -1.71. The number of aromatic hydroxyl groups is 1. The van der Waals surface area contributed by atoms with Gasteiger partial charge in [-0.15, -0.1) is 0 Å². The van der Waals surface area contributed by atoms with Crippen LogP contribution in [0.15, 0.2) is 23.0 Å². The highest BCUT2D eigenvalue weighted by Gasteiger charge is 2.10. The van der Waals surface area contributed by atoms with Crippen LogP contribution in [0.25, 0.3) is 10.9 Å². The zero-order valence-electron chi connectivity index (χ0n) is 8.82. The van der Waals surface area contributed by atoms with Crippen LogP contribution in [0.1, 0.15) is 13.8 Å². The Balaban J connectivity index is 2.65. The smallest absolute Gasteiger partial charge is 0.278 e. The van der Waals surface area contributed by atoms with Gasteiger partial charge in [-0.2, -0.15) is 0 Å².